The Kier molecular flexibility index (Phi) is 2.08. The van der Waals surface area contributed by atoms with Crippen molar-refractivity contribution in [2.24, 2.45) is 5.92 Å². The maximum Gasteiger partial charge on any atom is 0.343 e. The average molecular weight is 169 g/mol. The van der Waals surface area contributed by atoms with Crippen molar-refractivity contribution < 1.29 is 0 Å². The normalized spacial score (nSPS) is 12.4. The molecule has 0 radical (unpaired) electrons. The fourth-order valence-corrected chi connectivity index (χ4v) is 0.937. The summed E-state index contributed by atoms with van der Waals surface area (Å²) in [6, 6.07) is 0. The first-order valence-electron chi connectivity index (χ1n) is 4.08. The van der Waals surface area contributed by atoms with Crippen LogP contribution in [0.3, 0.4) is 0 Å². The van der Waals surface area contributed by atoms with Crippen LogP contribution in [0.25, 0.3) is 0 Å². The second-order valence-corrected chi connectivity index (χ2v) is 3.84. The van der Waals surface area contributed by atoms with E-state index >= 15 is 0 Å². The second-order valence-electron chi connectivity index (χ2n) is 3.84. The van der Waals surface area contributed by atoms with Crippen LogP contribution in [0.1, 0.15) is 27.7 Å². The Balaban J connectivity index is 3.14. The Morgan fingerprint density at radius 1 is 1.58 bits per heavy atom. The summed E-state index contributed by atoms with van der Waals surface area (Å²) in [5.74, 6) is 0.396. The molecule has 1 rings (SSSR count). The zero-order valence-corrected chi connectivity index (χ0v) is 7.96. The quantitative estimate of drug-likeness (QED) is 0.717. The number of hydrogen-bond donors (Lipinski definition) is 1. The first kappa shape index (κ1) is 9.03. The molecule has 0 saturated carbocycles. The molecule has 1 aromatic heterocycles. The summed E-state index contributed by atoms with van der Waals surface area (Å²) in [4.78, 5) is 11.2. The van der Waals surface area contributed by atoms with Crippen molar-refractivity contribution in [3.05, 3.63) is 16.8 Å². The van der Waals surface area contributed by atoms with Crippen molar-refractivity contribution >= 4 is 0 Å². The molecule has 12 heavy (non-hydrogen) atoms. The van der Waals surface area contributed by atoms with Gasteiger partial charge in [-0.2, -0.15) is 5.10 Å². The molecule has 0 bridgehead atoms. The largest absolute Gasteiger partial charge is 0.343 e. The molecule has 0 spiro atoms. The highest BCUT2D eigenvalue weighted by Gasteiger charge is 2.25. The summed E-state index contributed by atoms with van der Waals surface area (Å²) in [5.41, 5.74) is -0.321. The van der Waals surface area contributed by atoms with Crippen LogP contribution in [0.4, 0.5) is 0 Å². The molecule has 0 atom stereocenters. The van der Waals surface area contributed by atoms with Gasteiger partial charge in [0, 0.05) is 5.54 Å². The molecule has 0 amide bonds. The molecule has 0 aliphatic carbocycles. The number of aromatic amines is 1. The van der Waals surface area contributed by atoms with Gasteiger partial charge in [0.05, 0.1) is 0 Å². The molecule has 0 aromatic carbocycles. The predicted molar refractivity (Wildman–Crippen MR) is 47.0 cm³/mol. The number of aromatic nitrogens is 3. The Morgan fingerprint density at radius 3 is 2.50 bits per heavy atom. The molecule has 0 aliphatic rings. The average Bonchev–Trinajstić information content (AvgIpc) is 2.35. The lowest BCUT2D eigenvalue weighted by Crippen LogP contribution is -2.38. The second kappa shape index (κ2) is 2.77. The highest BCUT2D eigenvalue weighted by Crippen LogP contribution is 2.22. The lowest BCUT2D eigenvalue weighted by molar-refractivity contribution is 0.243. The number of nitrogens with zero attached hydrogens (tertiary/aromatic N) is 2. The summed E-state index contributed by atoms with van der Waals surface area (Å²) >= 11 is 0. The van der Waals surface area contributed by atoms with Crippen LogP contribution in [0, 0.1) is 5.92 Å². The van der Waals surface area contributed by atoms with Gasteiger partial charge in [-0.25, -0.2) is 9.89 Å². The molecule has 1 aromatic rings. The van der Waals surface area contributed by atoms with Crippen LogP contribution in [-0.2, 0) is 5.54 Å². The van der Waals surface area contributed by atoms with Gasteiger partial charge in [-0.15, -0.1) is 0 Å². The van der Waals surface area contributed by atoms with Crippen LogP contribution in [0.15, 0.2) is 11.1 Å². The van der Waals surface area contributed by atoms with E-state index in [-0.39, 0.29) is 11.2 Å². The Morgan fingerprint density at radius 2 is 2.17 bits per heavy atom. The molecular weight excluding hydrogens is 154 g/mol. The number of rotatable bonds is 2. The zero-order chi connectivity index (χ0) is 9.35. The van der Waals surface area contributed by atoms with Gasteiger partial charge in [-0.3, -0.25) is 4.57 Å². The molecule has 0 saturated heterocycles. The van der Waals surface area contributed by atoms with Gasteiger partial charge in [-0.05, 0) is 19.8 Å². The maximum absolute atomic E-state index is 11.2. The topological polar surface area (TPSA) is 50.7 Å². The van der Waals surface area contributed by atoms with Crippen molar-refractivity contribution in [2.45, 2.75) is 33.2 Å². The van der Waals surface area contributed by atoms with Crippen LogP contribution in [-0.4, -0.2) is 14.8 Å². The molecular formula is C8H15N3O. The summed E-state index contributed by atoms with van der Waals surface area (Å²) in [5, 5.41) is 6.08. The summed E-state index contributed by atoms with van der Waals surface area (Å²) in [6.45, 7) is 8.21. The monoisotopic (exact) mass is 169 g/mol. The van der Waals surface area contributed by atoms with Crippen molar-refractivity contribution in [3.8, 4) is 0 Å². The van der Waals surface area contributed by atoms with Crippen LogP contribution in [0.2, 0.25) is 0 Å². The smallest absolute Gasteiger partial charge is 0.276 e. The highest BCUT2D eigenvalue weighted by atomic mass is 16.1. The van der Waals surface area contributed by atoms with Crippen molar-refractivity contribution in [3.63, 3.8) is 0 Å². The summed E-state index contributed by atoms with van der Waals surface area (Å²) in [7, 11) is 0. The van der Waals surface area contributed by atoms with Gasteiger partial charge in [-0.1, -0.05) is 13.8 Å². The van der Waals surface area contributed by atoms with Crippen molar-refractivity contribution in [1.82, 2.24) is 14.8 Å². The lowest BCUT2D eigenvalue weighted by atomic mass is 9.91. The maximum atomic E-state index is 11.2. The van der Waals surface area contributed by atoms with Gasteiger partial charge in [0.1, 0.15) is 6.33 Å². The highest BCUT2D eigenvalue weighted by molar-refractivity contribution is 4.83. The molecule has 68 valence electrons. The number of nitrogens with one attached hydrogen (secondary N) is 1. The first-order valence-corrected chi connectivity index (χ1v) is 4.08. The minimum absolute atomic E-state index is 0.145. The van der Waals surface area contributed by atoms with E-state index in [0.717, 1.165) is 0 Å². The van der Waals surface area contributed by atoms with Crippen molar-refractivity contribution in [2.75, 3.05) is 0 Å². The lowest BCUT2D eigenvalue weighted by Gasteiger charge is -2.29. The minimum Gasteiger partial charge on any atom is -0.276 e. The van der Waals surface area contributed by atoms with E-state index in [1.807, 2.05) is 13.8 Å². The fourth-order valence-electron chi connectivity index (χ4n) is 0.937. The van der Waals surface area contributed by atoms with Gasteiger partial charge in [0.2, 0.25) is 0 Å². The molecule has 4 nitrogen and oxygen atoms in total. The SMILES string of the molecule is CC(C)C(C)(C)n1cn[nH]c1=O. The Hall–Kier alpha value is -1.06. The Labute approximate surface area is 71.6 Å². The molecule has 0 unspecified atom stereocenters. The number of hydrogen-bond acceptors (Lipinski definition) is 2. The first-order chi connectivity index (χ1) is 5.46. The third-order valence-corrected chi connectivity index (χ3v) is 2.59. The van der Waals surface area contributed by atoms with E-state index < -0.39 is 0 Å². The zero-order valence-electron chi connectivity index (χ0n) is 7.96. The van der Waals surface area contributed by atoms with E-state index in [9.17, 15) is 4.79 Å². The van der Waals surface area contributed by atoms with Gasteiger partial charge in [0.25, 0.3) is 0 Å². The molecule has 0 fully saturated rings. The van der Waals surface area contributed by atoms with Crippen LogP contribution in [0.5, 0.6) is 0 Å². The summed E-state index contributed by atoms with van der Waals surface area (Å²) in [6.07, 6.45) is 1.54. The van der Waals surface area contributed by atoms with E-state index in [0.29, 0.717) is 5.92 Å². The van der Waals surface area contributed by atoms with Crippen LogP contribution >= 0.6 is 0 Å². The van der Waals surface area contributed by atoms with Crippen LogP contribution < -0.4 is 5.69 Å². The predicted octanol–water partition coefficient (Wildman–Crippen LogP) is 0.962. The fraction of sp³-hybridized carbons (Fsp3) is 0.750. The molecule has 0 aliphatic heterocycles. The van der Waals surface area contributed by atoms with Gasteiger partial charge in [0.15, 0.2) is 0 Å². The molecule has 4 heteroatoms. The molecule has 1 N–H and O–H groups in total. The van der Waals surface area contributed by atoms with Crippen molar-refractivity contribution in [1.29, 1.82) is 0 Å². The Bertz CT molecular complexity index is 308. The standard InChI is InChI=1S/C8H15N3O/c1-6(2)8(3,4)11-5-9-10-7(11)12/h5-6H,1-4H3,(H,10,12). The third-order valence-electron chi connectivity index (χ3n) is 2.59. The molecule has 1 heterocycles. The van der Waals surface area contributed by atoms with E-state index in [1.165, 1.54) is 0 Å². The van der Waals surface area contributed by atoms with E-state index in [2.05, 4.69) is 24.0 Å². The minimum atomic E-state index is -0.177. The summed E-state index contributed by atoms with van der Waals surface area (Å²) < 4.78 is 1.62. The van der Waals surface area contributed by atoms with E-state index in [1.54, 1.807) is 10.9 Å². The van der Waals surface area contributed by atoms with Gasteiger partial charge < -0.3 is 0 Å². The van der Waals surface area contributed by atoms with E-state index in [4.69, 9.17) is 0 Å². The number of H-pyrrole nitrogens is 1. The van der Waals surface area contributed by atoms with Gasteiger partial charge >= 0.3 is 5.69 Å². The third kappa shape index (κ3) is 1.29.